The van der Waals surface area contributed by atoms with Crippen LogP contribution in [0.5, 0.6) is 0 Å². The van der Waals surface area contributed by atoms with Crippen molar-refractivity contribution < 1.29 is 8.42 Å². The monoisotopic (exact) mass is 293 g/mol. The summed E-state index contributed by atoms with van der Waals surface area (Å²) in [6.07, 6.45) is 2.29. The molecule has 0 spiro atoms. The number of fused-ring (bicyclic) bond motifs is 1. The fourth-order valence-corrected chi connectivity index (χ4v) is 3.61. The van der Waals surface area contributed by atoms with Crippen LogP contribution < -0.4 is 5.32 Å². The molecule has 20 heavy (non-hydrogen) atoms. The van der Waals surface area contributed by atoms with Crippen molar-refractivity contribution in [1.29, 1.82) is 0 Å². The molecule has 0 aliphatic carbocycles. The van der Waals surface area contributed by atoms with E-state index in [-0.39, 0.29) is 0 Å². The van der Waals surface area contributed by atoms with Gasteiger partial charge in [-0.1, -0.05) is 0 Å². The highest BCUT2D eigenvalue weighted by molar-refractivity contribution is 7.90. The number of nitrogens with one attached hydrogen (secondary N) is 1. The molecule has 1 aromatic carbocycles. The normalized spacial score (nSPS) is 23.6. The van der Waals surface area contributed by atoms with Gasteiger partial charge in [0.05, 0.1) is 15.9 Å². The number of hydrogen-bond donors (Lipinski definition) is 1. The molecule has 108 valence electrons. The highest BCUT2D eigenvalue weighted by atomic mass is 32.2. The highest BCUT2D eigenvalue weighted by Gasteiger charge is 2.28. The Bertz CT molecular complexity index is 764. The summed E-state index contributed by atoms with van der Waals surface area (Å²) in [4.78, 5) is 5.00. The van der Waals surface area contributed by atoms with E-state index < -0.39 is 9.84 Å². The molecule has 0 radical (unpaired) electrons. The Kier molecular flexibility index (Phi) is 3.10. The van der Waals surface area contributed by atoms with Crippen LogP contribution in [0, 0.1) is 0 Å². The smallest absolute Gasteiger partial charge is 0.175 e. The van der Waals surface area contributed by atoms with Crippen LogP contribution in [0.4, 0.5) is 0 Å². The molecule has 2 heterocycles. The molecule has 0 bridgehead atoms. The van der Waals surface area contributed by atoms with Gasteiger partial charge in [0.15, 0.2) is 9.84 Å². The second-order valence-corrected chi connectivity index (χ2v) is 7.61. The molecule has 1 fully saturated rings. The van der Waals surface area contributed by atoms with Crippen molar-refractivity contribution in [3.05, 3.63) is 24.0 Å². The van der Waals surface area contributed by atoms with Crippen molar-refractivity contribution >= 4 is 20.9 Å². The molecule has 1 aromatic heterocycles. The van der Waals surface area contributed by atoms with E-state index in [1.54, 1.807) is 12.1 Å². The van der Waals surface area contributed by atoms with Gasteiger partial charge >= 0.3 is 0 Å². The van der Waals surface area contributed by atoms with Crippen LogP contribution >= 0.6 is 0 Å². The molecule has 2 atom stereocenters. The lowest BCUT2D eigenvalue weighted by molar-refractivity contribution is 0.554. The molecular weight excluding hydrogens is 274 g/mol. The van der Waals surface area contributed by atoms with Crippen LogP contribution in [0.2, 0.25) is 0 Å². The minimum Gasteiger partial charge on any atom is -0.331 e. The van der Waals surface area contributed by atoms with E-state index in [2.05, 4.69) is 21.8 Å². The van der Waals surface area contributed by atoms with Gasteiger partial charge in [0.2, 0.25) is 0 Å². The van der Waals surface area contributed by atoms with Gasteiger partial charge in [-0.3, -0.25) is 0 Å². The Balaban J connectivity index is 2.14. The summed E-state index contributed by atoms with van der Waals surface area (Å²) in [5.41, 5.74) is 1.73. The van der Waals surface area contributed by atoms with Crippen LogP contribution in [0.1, 0.15) is 25.1 Å². The molecule has 5 nitrogen and oxygen atoms in total. The standard InChI is InChI=1S/C14H19N3O2S/c1-9-11(6-7-15-9)14-16-12-8-10(20(3,18)19)4-5-13(12)17(14)2/h4-5,8-9,11,15H,6-7H2,1-3H3. The third-order valence-electron chi connectivity index (χ3n) is 4.17. The first-order chi connectivity index (χ1) is 9.38. The summed E-state index contributed by atoms with van der Waals surface area (Å²) < 4.78 is 25.3. The molecule has 0 amide bonds. The Morgan fingerprint density at radius 3 is 2.75 bits per heavy atom. The van der Waals surface area contributed by atoms with Crippen LogP contribution in [-0.2, 0) is 16.9 Å². The Morgan fingerprint density at radius 1 is 1.40 bits per heavy atom. The lowest BCUT2D eigenvalue weighted by Gasteiger charge is -2.14. The topological polar surface area (TPSA) is 64.0 Å². The van der Waals surface area contributed by atoms with E-state index in [4.69, 9.17) is 0 Å². The maximum atomic E-state index is 11.6. The fraction of sp³-hybridized carbons (Fsp3) is 0.500. The summed E-state index contributed by atoms with van der Waals surface area (Å²) in [6, 6.07) is 5.57. The average molecular weight is 293 g/mol. The number of hydrogen-bond acceptors (Lipinski definition) is 4. The quantitative estimate of drug-likeness (QED) is 0.910. The zero-order chi connectivity index (χ0) is 14.5. The lowest BCUT2D eigenvalue weighted by atomic mass is 10.0. The van der Waals surface area contributed by atoms with E-state index in [1.165, 1.54) is 6.26 Å². The number of aryl methyl sites for hydroxylation is 1. The number of nitrogens with zero attached hydrogens (tertiary/aromatic N) is 2. The van der Waals surface area contributed by atoms with E-state index >= 15 is 0 Å². The maximum Gasteiger partial charge on any atom is 0.175 e. The van der Waals surface area contributed by atoms with Gasteiger partial charge in [0.1, 0.15) is 5.82 Å². The first kappa shape index (κ1) is 13.6. The van der Waals surface area contributed by atoms with Crippen molar-refractivity contribution in [3.63, 3.8) is 0 Å². The molecule has 0 saturated carbocycles. The van der Waals surface area contributed by atoms with Gasteiger partial charge < -0.3 is 9.88 Å². The van der Waals surface area contributed by atoms with Crippen molar-refractivity contribution in [3.8, 4) is 0 Å². The number of sulfone groups is 1. The molecule has 3 rings (SSSR count). The van der Waals surface area contributed by atoms with Crippen LogP contribution in [0.3, 0.4) is 0 Å². The molecule has 1 aliphatic rings. The van der Waals surface area contributed by atoms with Gasteiger partial charge in [0, 0.05) is 25.3 Å². The van der Waals surface area contributed by atoms with E-state index in [1.807, 2.05) is 13.1 Å². The predicted molar refractivity (Wildman–Crippen MR) is 78.6 cm³/mol. The largest absolute Gasteiger partial charge is 0.331 e. The second-order valence-electron chi connectivity index (χ2n) is 5.59. The molecule has 1 N–H and O–H groups in total. The van der Waals surface area contributed by atoms with Gasteiger partial charge in [-0.25, -0.2) is 13.4 Å². The summed E-state index contributed by atoms with van der Waals surface area (Å²) >= 11 is 0. The molecule has 2 unspecified atom stereocenters. The fourth-order valence-electron chi connectivity index (χ4n) is 2.97. The summed E-state index contributed by atoms with van der Waals surface area (Å²) in [5.74, 6) is 1.41. The van der Waals surface area contributed by atoms with Gasteiger partial charge in [-0.05, 0) is 38.1 Å². The van der Waals surface area contributed by atoms with Gasteiger partial charge in [-0.15, -0.1) is 0 Å². The SMILES string of the molecule is CC1NCCC1c1nc2cc(S(C)(=O)=O)ccc2n1C. The molecule has 6 heteroatoms. The second kappa shape index (κ2) is 4.56. The summed E-state index contributed by atoms with van der Waals surface area (Å²) in [6.45, 7) is 3.17. The van der Waals surface area contributed by atoms with Crippen LogP contribution in [-0.4, -0.2) is 36.8 Å². The minimum absolute atomic E-state index is 0.326. The van der Waals surface area contributed by atoms with E-state index in [9.17, 15) is 8.42 Å². The number of imidazole rings is 1. The molecule has 1 saturated heterocycles. The minimum atomic E-state index is -3.19. The Morgan fingerprint density at radius 2 is 2.15 bits per heavy atom. The molecule has 2 aromatic rings. The van der Waals surface area contributed by atoms with Crippen molar-refractivity contribution in [2.75, 3.05) is 12.8 Å². The number of benzene rings is 1. The Hall–Kier alpha value is -1.40. The molecular formula is C14H19N3O2S. The summed E-state index contributed by atoms with van der Waals surface area (Å²) in [7, 11) is -1.19. The van der Waals surface area contributed by atoms with E-state index in [0.29, 0.717) is 16.9 Å². The van der Waals surface area contributed by atoms with Crippen molar-refractivity contribution in [2.24, 2.45) is 7.05 Å². The molecule has 1 aliphatic heterocycles. The third-order valence-corrected chi connectivity index (χ3v) is 5.28. The average Bonchev–Trinajstić information content (AvgIpc) is 2.92. The van der Waals surface area contributed by atoms with Crippen molar-refractivity contribution in [2.45, 2.75) is 30.2 Å². The van der Waals surface area contributed by atoms with Crippen LogP contribution in [0.15, 0.2) is 23.1 Å². The summed E-state index contributed by atoms with van der Waals surface area (Å²) in [5, 5.41) is 3.43. The highest BCUT2D eigenvalue weighted by Crippen LogP contribution is 2.29. The predicted octanol–water partition coefficient (Wildman–Crippen LogP) is 1.44. The first-order valence-electron chi connectivity index (χ1n) is 6.78. The number of aromatic nitrogens is 2. The zero-order valence-electron chi connectivity index (χ0n) is 11.9. The maximum absolute atomic E-state index is 11.6. The zero-order valence-corrected chi connectivity index (χ0v) is 12.7. The first-order valence-corrected chi connectivity index (χ1v) is 8.67. The van der Waals surface area contributed by atoms with Gasteiger partial charge in [0.25, 0.3) is 0 Å². The van der Waals surface area contributed by atoms with Crippen molar-refractivity contribution in [1.82, 2.24) is 14.9 Å². The third kappa shape index (κ3) is 2.13. The van der Waals surface area contributed by atoms with Gasteiger partial charge in [-0.2, -0.15) is 0 Å². The number of rotatable bonds is 2. The van der Waals surface area contributed by atoms with E-state index in [0.717, 1.165) is 29.8 Å². The Labute approximate surface area is 118 Å². The lowest BCUT2D eigenvalue weighted by Crippen LogP contribution is -2.23. The van der Waals surface area contributed by atoms with Crippen LogP contribution in [0.25, 0.3) is 11.0 Å².